The van der Waals surface area contributed by atoms with Gasteiger partial charge < -0.3 is 10.1 Å². The molecule has 1 heterocycles. The number of fused-ring (bicyclic) bond motifs is 1. The number of nitrogens with zero attached hydrogens (tertiary/aromatic N) is 2. The van der Waals surface area contributed by atoms with Crippen LogP contribution in [0.3, 0.4) is 0 Å². The summed E-state index contributed by atoms with van der Waals surface area (Å²) in [7, 11) is 1.60. The molecule has 1 amide bonds. The van der Waals surface area contributed by atoms with Crippen LogP contribution < -0.4 is 10.1 Å². The van der Waals surface area contributed by atoms with E-state index in [-0.39, 0.29) is 5.91 Å². The van der Waals surface area contributed by atoms with Gasteiger partial charge >= 0.3 is 0 Å². The summed E-state index contributed by atoms with van der Waals surface area (Å²) in [6, 6.07) is 11.1. The molecule has 1 unspecified atom stereocenters. The summed E-state index contributed by atoms with van der Waals surface area (Å²) >= 11 is 8.46. The highest BCUT2D eigenvalue weighted by Crippen LogP contribution is 2.37. The van der Waals surface area contributed by atoms with Gasteiger partial charge in [0.25, 0.3) is 5.91 Å². The summed E-state index contributed by atoms with van der Waals surface area (Å²) in [5, 5.41) is 9.35. The number of aromatic nitrogens is 2. The number of halogens is 2. The minimum Gasteiger partial charge on any atom is -0.494 e. The van der Waals surface area contributed by atoms with Gasteiger partial charge in [-0.05, 0) is 61.9 Å². The second-order valence-corrected chi connectivity index (χ2v) is 10.3. The third-order valence-corrected chi connectivity index (χ3v) is 7.23. The molecule has 1 atom stereocenters. The molecule has 0 aliphatic heterocycles. The van der Waals surface area contributed by atoms with Gasteiger partial charge in [-0.1, -0.05) is 41.1 Å². The lowest BCUT2D eigenvalue weighted by molar-refractivity contribution is 0.102. The number of hydrogen-bond acceptors (Lipinski definition) is 3. The number of ether oxygens (including phenoxy) is 1. The van der Waals surface area contributed by atoms with Crippen molar-refractivity contribution in [3.63, 3.8) is 0 Å². The molecule has 1 aromatic heterocycles. The third-order valence-electron chi connectivity index (χ3n) is 5.96. The van der Waals surface area contributed by atoms with Gasteiger partial charge in [-0.3, -0.25) is 9.48 Å². The number of alkyl halides is 1. The first-order valence-electron chi connectivity index (χ1n) is 10.2. The number of benzene rings is 2. The van der Waals surface area contributed by atoms with Gasteiger partial charge in [-0.25, -0.2) is 0 Å². The summed E-state index contributed by atoms with van der Waals surface area (Å²) in [4.78, 5) is 12.6. The summed E-state index contributed by atoms with van der Waals surface area (Å²) in [6.07, 6.45) is 6.89. The Bertz CT molecular complexity index is 1040. The lowest BCUT2D eigenvalue weighted by Gasteiger charge is -2.30. The van der Waals surface area contributed by atoms with Crippen molar-refractivity contribution in [3.8, 4) is 5.75 Å². The molecule has 4 rings (SSSR count). The Balaban J connectivity index is 1.56. The second-order valence-electron chi connectivity index (χ2n) is 7.93. The van der Waals surface area contributed by atoms with Gasteiger partial charge in [0.2, 0.25) is 0 Å². The van der Waals surface area contributed by atoms with Crippen LogP contribution in [0.1, 0.15) is 49.0 Å². The molecule has 5 nitrogen and oxygen atoms in total. The van der Waals surface area contributed by atoms with Gasteiger partial charge in [0.1, 0.15) is 5.75 Å². The van der Waals surface area contributed by atoms with Gasteiger partial charge in [-0.15, -0.1) is 0 Å². The van der Waals surface area contributed by atoms with Gasteiger partial charge in [0.05, 0.1) is 24.4 Å². The van der Waals surface area contributed by atoms with E-state index < -0.39 is 0 Å². The highest BCUT2D eigenvalue weighted by Gasteiger charge is 2.25. The topological polar surface area (TPSA) is 56.1 Å². The number of rotatable bonds is 5. The minimum atomic E-state index is -0.206. The quantitative estimate of drug-likeness (QED) is 0.298. The van der Waals surface area contributed by atoms with E-state index in [9.17, 15) is 4.79 Å². The molecule has 30 heavy (non-hydrogen) atoms. The Labute approximate surface area is 195 Å². The fraction of sp³-hybridized carbons (Fsp3) is 0.391. The Morgan fingerprint density at radius 1 is 1.23 bits per heavy atom. The van der Waals surface area contributed by atoms with Crippen LogP contribution in [-0.2, 0) is 0 Å². The Morgan fingerprint density at radius 3 is 2.57 bits per heavy atom. The number of carbonyl (C=O) groups excluding carboxylic acids is 1. The van der Waals surface area contributed by atoms with E-state index in [1.165, 1.54) is 12.8 Å². The Morgan fingerprint density at radius 2 is 1.93 bits per heavy atom. The largest absolute Gasteiger partial charge is 0.494 e. The number of amides is 1. The predicted octanol–water partition coefficient (Wildman–Crippen LogP) is 6.51. The summed E-state index contributed by atoms with van der Waals surface area (Å²) < 4.78 is 8.34. The van der Waals surface area contributed by atoms with E-state index in [0.717, 1.165) is 33.6 Å². The molecule has 0 saturated heterocycles. The number of hydrogen-bond donors (Lipinski definition) is 1. The molecule has 7 heteroatoms. The number of nitrogens with one attached hydrogen (secondary N) is 1. The van der Waals surface area contributed by atoms with Crippen LogP contribution in [0.4, 0.5) is 5.69 Å². The molecule has 3 aromatic rings. The van der Waals surface area contributed by atoms with Gasteiger partial charge in [-0.2, -0.15) is 5.10 Å². The van der Waals surface area contributed by atoms with E-state index in [0.29, 0.717) is 28.1 Å². The van der Waals surface area contributed by atoms with Crippen LogP contribution in [-0.4, -0.2) is 26.7 Å². The first kappa shape index (κ1) is 21.4. The van der Waals surface area contributed by atoms with Gasteiger partial charge in [0.15, 0.2) is 0 Å². The van der Waals surface area contributed by atoms with Crippen LogP contribution in [0.2, 0.25) is 5.02 Å². The van der Waals surface area contributed by atoms with Gasteiger partial charge in [0, 0.05) is 32.2 Å². The maximum atomic E-state index is 12.6. The molecule has 158 valence electrons. The standard InChI is InChI=1S/C23H25ClIN3O2/c1-14(25)15-5-9-19(10-6-15)28-13-17-11-21(22(30-2)12-20(17)27-28)26-23(29)16-3-7-18(24)8-4-16/h3-4,7-8,11-15,19H,5-6,9-10H2,1-2H3,(H,26,29). The average Bonchev–Trinajstić information content (AvgIpc) is 3.16. The molecule has 1 aliphatic rings. The summed E-state index contributed by atoms with van der Waals surface area (Å²) in [5.41, 5.74) is 2.05. The van der Waals surface area contributed by atoms with E-state index in [2.05, 4.69) is 45.7 Å². The molecule has 0 spiro atoms. The smallest absolute Gasteiger partial charge is 0.255 e. The highest BCUT2D eigenvalue weighted by atomic mass is 127. The molecule has 1 saturated carbocycles. The SMILES string of the molecule is COc1cc2nn(C3CCC(C(C)I)CC3)cc2cc1NC(=O)c1ccc(Cl)cc1. The first-order chi connectivity index (χ1) is 14.4. The molecular weight excluding hydrogens is 513 g/mol. The van der Waals surface area contributed by atoms with Crippen molar-refractivity contribution in [1.82, 2.24) is 9.78 Å². The van der Waals surface area contributed by atoms with Crippen LogP contribution in [0.15, 0.2) is 42.6 Å². The van der Waals surface area contributed by atoms with Crippen molar-refractivity contribution in [2.24, 2.45) is 5.92 Å². The molecule has 0 bridgehead atoms. The van der Waals surface area contributed by atoms with Crippen molar-refractivity contribution >= 4 is 56.7 Å². The molecule has 2 aromatic carbocycles. The molecule has 1 fully saturated rings. The van der Waals surface area contributed by atoms with Crippen molar-refractivity contribution in [3.05, 3.63) is 53.2 Å². The predicted molar refractivity (Wildman–Crippen MR) is 130 cm³/mol. The maximum Gasteiger partial charge on any atom is 0.255 e. The van der Waals surface area contributed by atoms with Crippen molar-refractivity contribution in [2.45, 2.75) is 42.6 Å². The second kappa shape index (κ2) is 9.14. The van der Waals surface area contributed by atoms with Crippen molar-refractivity contribution in [2.75, 3.05) is 12.4 Å². The zero-order chi connectivity index (χ0) is 21.3. The van der Waals surface area contributed by atoms with E-state index >= 15 is 0 Å². The van der Waals surface area contributed by atoms with Crippen molar-refractivity contribution < 1.29 is 9.53 Å². The zero-order valence-electron chi connectivity index (χ0n) is 17.1. The first-order valence-corrected chi connectivity index (χ1v) is 11.8. The minimum absolute atomic E-state index is 0.206. The monoisotopic (exact) mass is 537 g/mol. The van der Waals surface area contributed by atoms with E-state index in [1.54, 1.807) is 31.4 Å². The van der Waals surface area contributed by atoms with E-state index in [4.69, 9.17) is 21.4 Å². The molecule has 0 radical (unpaired) electrons. The summed E-state index contributed by atoms with van der Waals surface area (Å²) in [5.74, 6) is 1.20. The summed E-state index contributed by atoms with van der Waals surface area (Å²) in [6.45, 7) is 2.31. The zero-order valence-corrected chi connectivity index (χ0v) is 20.0. The number of carbonyl (C=O) groups is 1. The molecule has 1 aliphatic carbocycles. The number of methoxy groups -OCH3 is 1. The van der Waals surface area contributed by atoms with Crippen molar-refractivity contribution in [1.29, 1.82) is 0 Å². The lowest BCUT2D eigenvalue weighted by Crippen LogP contribution is -2.22. The van der Waals surface area contributed by atoms with Crippen LogP contribution in [0.5, 0.6) is 5.75 Å². The lowest BCUT2D eigenvalue weighted by atomic mass is 9.84. The average molecular weight is 538 g/mol. The van der Waals surface area contributed by atoms with Crippen LogP contribution in [0.25, 0.3) is 10.9 Å². The Kier molecular flexibility index (Phi) is 6.53. The highest BCUT2D eigenvalue weighted by molar-refractivity contribution is 14.1. The van der Waals surface area contributed by atoms with Crippen LogP contribution >= 0.6 is 34.2 Å². The van der Waals surface area contributed by atoms with Crippen LogP contribution in [0, 0.1) is 5.92 Å². The fourth-order valence-electron chi connectivity index (χ4n) is 4.15. The fourth-order valence-corrected chi connectivity index (χ4v) is 4.99. The molecule has 1 N–H and O–H groups in total. The molecular formula is C23H25ClIN3O2. The maximum absolute atomic E-state index is 12.6. The number of anilines is 1. The third kappa shape index (κ3) is 4.59. The Hall–Kier alpha value is -1.80. The normalized spacial score (nSPS) is 20.1. The van der Waals surface area contributed by atoms with E-state index in [1.807, 2.05) is 12.1 Å².